The van der Waals surface area contributed by atoms with Crippen molar-refractivity contribution in [1.29, 1.82) is 0 Å². The van der Waals surface area contributed by atoms with Gasteiger partial charge >= 0.3 is 0 Å². The van der Waals surface area contributed by atoms with Gasteiger partial charge in [-0.1, -0.05) is 164 Å². The molecule has 0 saturated carbocycles. The summed E-state index contributed by atoms with van der Waals surface area (Å²) in [6.45, 7) is 0. The van der Waals surface area contributed by atoms with Gasteiger partial charge in [0, 0.05) is 47.6 Å². The largest absolute Gasteiger partial charge is 0.308 e. The molecule has 9 aromatic carbocycles. The van der Waals surface area contributed by atoms with Crippen LogP contribution in [0.25, 0.3) is 115 Å². The molecular weight excluding hydrogens is 749 g/mol. The number of hydrogen-bond donors (Lipinski definition) is 0. The average molecular weight is 783 g/mol. The van der Waals surface area contributed by atoms with Crippen molar-refractivity contribution in [2.24, 2.45) is 0 Å². The summed E-state index contributed by atoms with van der Waals surface area (Å²) in [5, 5.41) is 7.41. The van der Waals surface area contributed by atoms with Crippen LogP contribution < -0.4 is 0 Å². The van der Waals surface area contributed by atoms with Gasteiger partial charge in [0.25, 0.3) is 0 Å². The number of nitrogens with zero attached hydrogens (tertiary/aromatic N) is 4. The van der Waals surface area contributed by atoms with E-state index in [9.17, 15) is 0 Å². The second-order valence-corrected chi connectivity index (χ2v) is 16.3. The Hall–Kier alpha value is -7.73. The van der Waals surface area contributed by atoms with E-state index < -0.39 is 0 Å². The van der Waals surface area contributed by atoms with Gasteiger partial charge in [0.1, 0.15) is 0 Å². The molecule has 0 fully saturated rings. The van der Waals surface area contributed by atoms with Gasteiger partial charge in [0.15, 0.2) is 17.5 Å². The van der Waals surface area contributed by atoms with Crippen molar-refractivity contribution in [3.05, 3.63) is 206 Å². The van der Waals surface area contributed by atoms with Gasteiger partial charge in [-0.3, -0.25) is 0 Å². The van der Waals surface area contributed by atoms with Crippen LogP contribution in [-0.2, 0) is 0 Å². The highest BCUT2D eigenvalue weighted by Gasteiger charge is 2.21. The first-order valence-electron chi connectivity index (χ1n) is 20.2. The third-order valence-electron chi connectivity index (χ3n) is 11.6. The summed E-state index contributed by atoms with van der Waals surface area (Å²) in [6, 6.07) is 73.4. The minimum Gasteiger partial charge on any atom is -0.308 e. The number of para-hydroxylation sites is 1. The predicted octanol–water partition coefficient (Wildman–Crippen LogP) is 14.8. The maximum absolute atomic E-state index is 5.32. The van der Waals surface area contributed by atoms with Crippen molar-refractivity contribution in [3.8, 4) is 62.1 Å². The summed E-state index contributed by atoms with van der Waals surface area (Å²) in [5.41, 5.74) is 10.6. The molecule has 5 heteroatoms. The Bertz CT molecular complexity index is 3590. The van der Waals surface area contributed by atoms with Crippen molar-refractivity contribution in [3.63, 3.8) is 0 Å². The zero-order chi connectivity index (χ0) is 39.6. The van der Waals surface area contributed by atoms with Crippen LogP contribution in [0, 0.1) is 0 Å². The van der Waals surface area contributed by atoms with Crippen molar-refractivity contribution in [2.75, 3.05) is 0 Å². The molecule has 0 aliphatic rings. The molecule has 0 bridgehead atoms. The molecule has 3 aromatic heterocycles. The molecule has 0 saturated heterocycles. The summed E-state index contributed by atoms with van der Waals surface area (Å²) < 4.78 is 4.99. The van der Waals surface area contributed by atoms with Crippen LogP contribution in [0.15, 0.2) is 206 Å². The normalized spacial score (nSPS) is 11.7. The first-order chi connectivity index (χ1) is 29.7. The van der Waals surface area contributed by atoms with E-state index in [1.54, 1.807) is 0 Å². The molecule has 0 amide bonds. The van der Waals surface area contributed by atoms with Gasteiger partial charge in [-0.25, -0.2) is 15.0 Å². The van der Waals surface area contributed by atoms with E-state index >= 15 is 0 Å². The van der Waals surface area contributed by atoms with Crippen LogP contribution in [0.5, 0.6) is 0 Å². The van der Waals surface area contributed by atoms with E-state index in [1.807, 2.05) is 29.5 Å². The number of thiophene rings is 1. The van der Waals surface area contributed by atoms with E-state index in [1.165, 1.54) is 47.3 Å². The van der Waals surface area contributed by atoms with Gasteiger partial charge in [-0.2, -0.15) is 0 Å². The molecule has 280 valence electrons. The van der Waals surface area contributed by atoms with Gasteiger partial charge < -0.3 is 4.57 Å². The van der Waals surface area contributed by atoms with Gasteiger partial charge in [0.05, 0.1) is 16.7 Å². The van der Waals surface area contributed by atoms with Crippen molar-refractivity contribution in [1.82, 2.24) is 19.5 Å². The smallest absolute Gasteiger partial charge is 0.166 e. The van der Waals surface area contributed by atoms with E-state index in [0.717, 1.165) is 50.1 Å². The molecule has 60 heavy (non-hydrogen) atoms. The Kier molecular flexibility index (Phi) is 8.00. The molecule has 0 unspecified atom stereocenters. The topological polar surface area (TPSA) is 43.6 Å². The average Bonchev–Trinajstić information content (AvgIpc) is 3.86. The zero-order valence-corrected chi connectivity index (χ0v) is 33.1. The molecule has 0 spiro atoms. The van der Waals surface area contributed by atoms with Crippen molar-refractivity contribution >= 4 is 64.1 Å². The molecular formula is C55H34N4S. The maximum Gasteiger partial charge on any atom is 0.166 e. The van der Waals surface area contributed by atoms with E-state index in [2.05, 4.69) is 193 Å². The van der Waals surface area contributed by atoms with Crippen LogP contribution in [0.4, 0.5) is 0 Å². The number of fused-ring (bicyclic) bond motifs is 7. The van der Waals surface area contributed by atoms with Crippen LogP contribution in [0.2, 0.25) is 0 Å². The summed E-state index contributed by atoms with van der Waals surface area (Å²) in [4.78, 5) is 15.7. The molecule has 0 aliphatic carbocycles. The third kappa shape index (κ3) is 5.78. The molecule has 0 radical (unpaired) electrons. The van der Waals surface area contributed by atoms with Crippen molar-refractivity contribution < 1.29 is 0 Å². The summed E-state index contributed by atoms with van der Waals surface area (Å²) in [5.74, 6) is 1.86. The first kappa shape index (κ1) is 34.3. The molecule has 0 N–H and O–H groups in total. The van der Waals surface area contributed by atoms with Crippen molar-refractivity contribution in [2.45, 2.75) is 0 Å². The highest BCUT2D eigenvalue weighted by molar-refractivity contribution is 7.25. The van der Waals surface area contributed by atoms with Gasteiger partial charge in [-0.05, 0) is 75.5 Å². The lowest BCUT2D eigenvalue weighted by atomic mass is 10.0. The van der Waals surface area contributed by atoms with Crippen LogP contribution in [0.1, 0.15) is 0 Å². The molecule has 12 aromatic rings. The quantitative estimate of drug-likeness (QED) is 0.169. The molecule has 0 aliphatic heterocycles. The number of rotatable bonds is 6. The lowest BCUT2D eigenvalue weighted by molar-refractivity contribution is 1.06. The maximum atomic E-state index is 5.32. The second kappa shape index (κ2) is 14.0. The Balaban J connectivity index is 1.06. The Morgan fingerprint density at radius 2 is 0.850 bits per heavy atom. The zero-order valence-electron chi connectivity index (χ0n) is 32.3. The van der Waals surface area contributed by atoms with Gasteiger partial charge in [-0.15, -0.1) is 11.3 Å². The summed E-state index contributed by atoms with van der Waals surface area (Å²) in [7, 11) is 0. The molecule has 4 nitrogen and oxygen atoms in total. The number of aromatic nitrogens is 4. The lowest BCUT2D eigenvalue weighted by Gasteiger charge is -2.16. The highest BCUT2D eigenvalue weighted by atomic mass is 32.1. The van der Waals surface area contributed by atoms with E-state index in [0.29, 0.717) is 17.5 Å². The fraction of sp³-hybridized carbons (Fsp3) is 0. The Morgan fingerprint density at radius 1 is 0.317 bits per heavy atom. The molecule has 3 heterocycles. The SMILES string of the molecule is c1ccc(-c2ccc(-c3nc(-c4ccccc4)nc(-c4ccc(-c5ccc6c(c5)sc5ccccc56)cc4)n3)c(-n3c4ccccc4c4cc5ccccc5cc43)c2)cc1. The van der Waals surface area contributed by atoms with Gasteiger partial charge in [0.2, 0.25) is 0 Å². The molecule has 0 atom stereocenters. The fourth-order valence-corrected chi connectivity index (χ4v) is 9.83. The fourth-order valence-electron chi connectivity index (χ4n) is 8.69. The Morgan fingerprint density at radius 3 is 1.63 bits per heavy atom. The second-order valence-electron chi connectivity index (χ2n) is 15.2. The predicted molar refractivity (Wildman–Crippen MR) is 252 cm³/mol. The van der Waals surface area contributed by atoms with Crippen LogP contribution in [0.3, 0.4) is 0 Å². The number of benzene rings is 9. The minimum absolute atomic E-state index is 0.611. The molecule has 12 rings (SSSR count). The highest BCUT2D eigenvalue weighted by Crippen LogP contribution is 2.40. The Labute approximate surface area is 350 Å². The monoisotopic (exact) mass is 782 g/mol. The summed E-state index contributed by atoms with van der Waals surface area (Å²) >= 11 is 1.84. The third-order valence-corrected chi connectivity index (χ3v) is 12.8. The van der Waals surface area contributed by atoms with Crippen LogP contribution >= 0.6 is 11.3 Å². The first-order valence-corrected chi connectivity index (χ1v) is 21.0. The van der Waals surface area contributed by atoms with Crippen LogP contribution in [-0.4, -0.2) is 19.5 Å². The standard InChI is InChI=1S/C55H34N4S/c1-3-13-35(14-4-1)41-28-30-46(49(33-41)59-48-21-11-9-19-43(48)47-31-39-17-7-8-18-40(39)32-50(47)59)55-57-53(37-15-5-2-6-16-37)56-54(58-55)38-25-23-36(24-26-38)42-27-29-45-44-20-10-12-22-51(44)60-52(45)34-42/h1-34H. The van der Waals surface area contributed by atoms with E-state index in [-0.39, 0.29) is 0 Å². The minimum atomic E-state index is 0.611. The lowest BCUT2D eigenvalue weighted by Crippen LogP contribution is -2.04. The summed E-state index contributed by atoms with van der Waals surface area (Å²) in [6.07, 6.45) is 0. The van der Waals surface area contributed by atoms with E-state index in [4.69, 9.17) is 15.0 Å². The number of hydrogen-bond acceptors (Lipinski definition) is 4.